The van der Waals surface area contributed by atoms with Gasteiger partial charge in [-0.05, 0) is 44.5 Å². The summed E-state index contributed by atoms with van der Waals surface area (Å²) in [5, 5.41) is 0. The fourth-order valence-corrected chi connectivity index (χ4v) is 8.21. The van der Waals surface area contributed by atoms with Crippen molar-refractivity contribution in [2.24, 2.45) is 0 Å². The molecule has 8 nitrogen and oxygen atoms in total. The van der Waals surface area contributed by atoms with Crippen molar-refractivity contribution in [1.29, 1.82) is 0 Å². The van der Waals surface area contributed by atoms with Crippen molar-refractivity contribution in [1.82, 2.24) is 0 Å². The van der Waals surface area contributed by atoms with Crippen LogP contribution in [-0.2, 0) is 38.1 Å². The van der Waals surface area contributed by atoms with E-state index in [4.69, 9.17) is 31.8 Å². The van der Waals surface area contributed by atoms with E-state index in [2.05, 4.69) is 11.8 Å². The van der Waals surface area contributed by atoms with Crippen LogP contribution < -0.4 is 0 Å². The van der Waals surface area contributed by atoms with Gasteiger partial charge in [-0.1, -0.05) is 60.4 Å². The number of methoxy groups -OCH3 is 4. The molecule has 9 rings (SSSR count). The highest BCUT2D eigenvalue weighted by atomic mass is 16.5. The normalized spacial score (nSPS) is 20.7. The van der Waals surface area contributed by atoms with Crippen molar-refractivity contribution in [3.05, 3.63) is 126 Å². The van der Waals surface area contributed by atoms with Crippen LogP contribution in [0.5, 0.6) is 0 Å². The highest BCUT2D eigenvalue weighted by Gasteiger charge is 2.56. The molecule has 0 heterocycles. The van der Waals surface area contributed by atoms with Crippen LogP contribution >= 0.6 is 0 Å². The molecule has 4 bridgehead atoms. The summed E-state index contributed by atoms with van der Waals surface area (Å²) >= 11 is 0. The lowest BCUT2D eigenvalue weighted by Crippen LogP contribution is -2.40. The van der Waals surface area contributed by atoms with Gasteiger partial charge in [-0.2, -0.15) is 0 Å². The number of carbonyl (C=O) groups is 4. The zero-order valence-corrected chi connectivity index (χ0v) is 25.3. The fourth-order valence-electron chi connectivity index (χ4n) is 8.21. The number of hydrogen-bond acceptors (Lipinski definition) is 8. The Labute approximate surface area is 265 Å². The summed E-state index contributed by atoms with van der Waals surface area (Å²) in [5.41, 5.74) is 6.73. The zero-order valence-electron chi connectivity index (χ0n) is 25.3. The van der Waals surface area contributed by atoms with Crippen molar-refractivity contribution in [3.8, 4) is 24.7 Å². The maximum absolute atomic E-state index is 13.6. The Morgan fingerprint density at radius 1 is 0.478 bits per heavy atom. The van der Waals surface area contributed by atoms with Gasteiger partial charge in [0.15, 0.2) is 0 Å². The van der Waals surface area contributed by atoms with E-state index in [1.54, 1.807) is 0 Å². The third-order valence-electron chi connectivity index (χ3n) is 9.69. The standard InChI is InChI=1S/C38H26O8/c1-7-17-23-25(29-21-15-11-9-13-19(21)27(23)31(35(39)43-3)33(29)37(41)45-5)18(8-2)26-24(17)28-20-14-10-12-16-22(20)30(26)34(38(42)46-6)32(28)36(40)44-4/h1-2,9-16,27-30H,3-6H3/t27-,28-,29+,30+. The minimum absolute atomic E-state index is 0.116. The van der Waals surface area contributed by atoms with Gasteiger partial charge in [0.05, 0.1) is 50.7 Å². The van der Waals surface area contributed by atoms with E-state index >= 15 is 0 Å². The Bertz CT molecular complexity index is 1830. The molecular formula is C38H26O8. The predicted octanol–water partition coefficient (Wildman–Crippen LogP) is 4.12. The molecular weight excluding hydrogens is 584 g/mol. The third-order valence-corrected chi connectivity index (χ3v) is 9.69. The van der Waals surface area contributed by atoms with E-state index in [0.29, 0.717) is 33.4 Å². The van der Waals surface area contributed by atoms with Crippen LogP contribution in [0.4, 0.5) is 0 Å². The molecule has 0 amide bonds. The number of hydrogen-bond donors (Lipinski definition) is 0. The lowest BCUT2D eigenvalue weighted by molar-refractivity contribution is -0.140. The molecule has 3 aromatic carbocycles. The second kappa shape index (κ2) is 10.4. The molecule has 46 heavy (non-hydrogen) atoms. The van der Waals surface area contributed by atoms with Crippen LogP contribution in [0.15, 0.2) is 70.8 Å². The Morgan fingerprint density at radius 3 is 0.870 bits per heavy atom. The number of esters is 4. The van der Waals surface area contributed by atoms with Gasteiger partial charge < -0.3 is 18.9 Å². The van der Waals surface area contributed by atoms with Gasteiger partial charge in [-0.25, -0.2) is 19.2 Å². The van der Waals surface area contributed by atoms with Gasteiger partial charge in [0.25, 0.3) is 0 Å². The number of rotatable bonds is 4. The lowest BCUT2D eigenvalue weighted by atomic mass is 9.53. The molecule has 0 aliphatic heterocycles. The maximum atomic E-state index is 13.6. The average molecular weight is 611 g/mol. The first-order valence-corrected chi connectivity index (χ1v) is 14.5. The van der Waals surface area contributed by atoms with Crippen LogP contribution in [-0.4, -0.2) is 52.3 Å². The van der Waals surface area contributed by atoms with Gasteiger partial charge in [-0.15, -0.1) is 12.8 Å². The quantitative estimate of drug-likeness (QED) is 0.247. The molecule has 0 N–H and O–H groups in total. The maximum Gasteiger partial charge on any atom is 0.335 e. The second-order valence-electron chi connectivity index (χ2n) is 11.3. The molecule has 0 saturated carbocycles. The minimum Gasteiger partial charge on any atom is -0.466 e. The number of benzene rings is 3. The summed E-state index contributed by atoms with van der Waals surface area (Å²) in [6.07, 6.45) is 12.8. The van der Waals surface area contributed by atoms with Crippen molar-refractivity contribution in [3.63, 3.8) is 0 Å². The smallest absolute Gasteiger partial charge is 0.335 e. The Kier molecular flexibility index (Phi) is 6.50. The van der Waals surface area contributed by atoms with Crippen LogP contribution in [0.25, 0.3) is 0 Å². The number of terminal acetylenes is 2. The molecule has 4 atom stereocenters. The van der Waals surface area contributed by atoms with Crippen LogP contribution in [0, 0.1) is 24.7 Å². The van der Waals surface area contributed by atoms with Gasteiger partial charge in [0, 0.05) is 34.8 Å². The second-order valence-corrected chi connectivity index (χ2v) is 11.3. The van der Waals surface area contributed by atoms with Crippen molar-refractivity contribution >= 4 is 23.9 Å². The average Bonchev–Trinajstić information content (AvgIpc) is 3.11. The highest BCUT2D eigenvalue weighted by Crippen LogP contribution is 2.64. The van der Waals surface area contributed by atoms with E-state index < -0.39 is 47.5 Å². The topological polar surface area (TPSA) is 105 Å². The van der Waals surface area contributed by atoms with E-state index in [1.807, 2.05) is 48.5 Å². The van der Waals surface area contributed by atoms with Gasteiger partial charge >= 0.3 is 23.9 Å². The van der Waals surface area contributed by atoms with Gasteiger partial charge in [-0.3, -0.25) is 0 Å². The molecule has 0 aromatic heterocycles. The van der Waals surface area contributed by atoms with Crippen molar-refractivity contribution in [2.45, 2.75) is 23.7 Å². The first-order valence-electron chi connectivity index (χ1n) is 14.5. The van der Waals surface area contributed by atoms with Crippen molar-refractivity contribution in [2.75, 3.05) is 28.4 Å². The van der Waals surface area contributed by atoms with Crippen LogP contribution in [0.1, 0.15) is 79.3 Å². The third kappa shape index (κ3) is 3.41. The molecule has 0 unspecified atom stereocenters. The summed E-state index contributed by atoms with van der Waals surface area (Å²) in [7, 11) is 5.00. The molecule has 0 spiro atoms. The number of ether oxygens (including phenoxy) is 4. The first-order chi connectivity index (χ1) is 22.3. The van der Waals surface area contributed by atoms with Crippen LogP contribution in [0.2, 0.25) is 0 Å². The summed E-state index contributed by atoms with van der Waals surface area (Å²) in [5.74, 6) is -0.353. The molecule has 0 saturated heterocycles. The number of carbonyl (C=O) groups excluding carboxylic acids is 4. The summed E-state index contributed by atoms with van der Waals surface area (Å²) in [6.45, 7) is 0. The van der Waals surface area contributed by atoms with E-state index in [1.165, 1.54) is 28.4 Å². The SMILES string of the molecule is C#Cc1c2c(c(C#C)c3c1[C@@H]1C(C(=O)OC)=C(C(=O)OC)[C@H]3c3ccccc31)[C@H]1C(C(=O)OC)=C(C(=O)OC)[C@@H]2c2ccccc21. The summed E-state index contributed by atoms with van der Waals surface area (Å²) < 4.78 is 20.9. The lowest BCUT2D eigenvalue weighted by Gasteiger charge is -2.48. The van der Waals surface area contributed by atoms with E-state index in [-0.39, 0.29) is 22.3 Å². The molecule has 6 aliphatic carbocycles. The zero-order chi connectivity index (χ0) is 32.6. The molecule has 0 fully saturated rings. The molecule has 6 aliphatic rings. The van der Waals surface area contributed by atoms with E-state index in [0.717, 1.165) is 22.3 Å². The van der Waals surface area contributed by atoms with Crippen molar-refractivity contribution < 1.29 is 38.1 Å². The fraction of sp³-hybridized carbons (Fsp3) is 0.211. The highest BCUT2D eigenvalue weighted by molar-refractivity contribution is 6.09. The van der Waals surface area contributed by atoms with Gasteiger partial charge in [0.2, 0.25) is 0 Å². The van der Waals surface area contributed by atoms with Gasteiger partial charge in [0.1, 0.15) is 0 Å². The summed E-state index contributed by atoms with van der Waals surface area (Å²) in [4.78, 5) is 54.3. The monoisotopic (exact) mass is 610 g/mol. The molecule has 8 heteroatoms. The Morgan fingerprint density at radius 2 is 0.696 bits per heavy atom. The van der Waals surface area contributed by atoms with E-state index in [9.17, 15) is 19.2 Å². The first kappa shape index (κ1) is 28.9. The molecule has 226 valence electrons. The predicted molar refractivity (Wildman–Crippen MR) is 165 cm³/mol. The Balaban J connectivity index is 1.69. The largest absolute Gasteiger partial charge is 0.466 e. The molecule has 3 aromatic rings. The molecule has 0 radical (unpaired) electrons. The Hall–Kier alpha value is -5.86. The van der Waals surface area contributed by atoms with Crippen LogP contribution in [0.3, 0.4) is 0 Å². The minimum atomic E-state index is -0.831. The summed E-state index contributed by atoms with van der Waals surface area (Å²) in [6, 6.07) is 14.9.